The lowest BCUT2D eigenvalue weighted by atomic mass is 10.1. The van der Waals surface area contributed by atoms with E-state index >= 15 is 0 Å². The van der Waals surface area contributed by atoms with Crippen LogP contribution in [-0.4, -0.2) is 65.0 Å². The van der Waals surface area contributed by atoms with Crippen LogP contribution in [0.5, 0.6) is 5.75 Å². The number of hydrogen-bond acceptors (Lipinski definition) is 5. The Hall–Kier alpha value is -0.390. The highest BCUT2D eigenvalue weighted by atomic mass is 79.9. The van der Waals surface area contributed by atoms with Gasteiger partial charge in [0, 0.05) is 31.2 Å². The molecule has 1 aromatic rings. The third kappa shape index (κ3) is 4.48. The number of halogens is 2. The lowest BCUT2D eigenvalue weighted by Gasteiger charge is -2.35. The van der Waals surface area contributed by atoms with Crippen LogP contribution >= 0.6 is 27.5 Å². The quantitative estimate of drug-likeness (QED) is 0.651. The Bertz CT molecular complexity index is 852. The Balaban J connectivity index is 2.26. The number of ether oxygens (including phenoxy) is 1. The molecular weight excluding hydrogens is 456 g/mol. The van der Waals surface area contributed by atoms with Crippen molar-refractivity contribution in [3.05, 3.63) is 21.6 Å². The highest BCUT2D eigenvalue weighted by Crippen LogP contribution is 2.37. The average Bonchev–Trinajstić information content (AvgIpc) is 2.52. The highest BCUT2D eigenvalue weighted by molar-refractivity contribution is 9.10. The van der Waals surface area contributed by atoms with E-state index in [4.69, 9.17) is 16.3 Å². The van der Waals surface area contributed by atoms with Gasteiger partial charge >= 0.3 is 0 Å². The Morgan fingerprint density at radius 2 is 1.80 bits per heavy atom. The third-order valence-corrected chi connectivity index (χ3v) is 8.31. The lowest BCUT2D eigenvalue weighted by molar-refractivity contribution is 0.238. The number of piperidine rings is 1. The zero-order valence-electron chi connectivity index (χ0n) is 14.1. The van der Waals surface area contributed by atoms with E-state index in [0.29, 0.717) is 17.3 Å². The molecule has 0 N–H and O–H groups in total. The second kappa shape index (κ2) is 7.69. The molecule has 1 heterocycles. The Kier molecular flexibility index (Phi) is 6.44. The average molecular weight is 476 g/mol. The van der Waals surface area contributed by atoms with Gasteiger partial charge in [0.2, 0.25) is 20.0 Å². The molecule has 1 aromatic carbocycles. The van der Waals surface area contributed by atoms with Gasteiger partial charge in [-0.25, -0.2) is 21.1 Å². The summed E-state index contributed by atoms with van der Waals surface area (Å²) in [6.45, 7) is 0.445. The summed E-state index contributed by atoms with van der Waals surface area (Å²) in [5, 5.41) is 0.276. The fourth-order valence-corrected chi connectivity index (χ4v) is 6.38. The van der Waals surface area contributed by atoms with Gasteiger partial charge in [-0.2, -0.15) is 4.31 Å². The van der Waals surface area contributed by atoms with E-state index in [9.17, 15) is 16.8 Å². The third-order valence-electron chi connectivity index (χ3n) is 4.26. The molecule has 11 heteroatoms. The van der Waals surface area contributed by atoms with Gasteiger partial charge in [-0.05, 0) is 40.9 Å². The standard InChI is InChI=1S/C14H20BrClN2O5S2/c1-17(24(3,19)20)11-4-6-18(7-5-11)25(21,22)13-9-10(16)8-12(15)14(13)23-2/h8-9,11H,4-7H2,1-3H3. The van der Waals surface area contributed by atoms with Crippen molar-refractivity contribution in [1.82, 2.24) is 8.61 Å². The first-order valence-corrected chi connectivity index (χ1v) is 11.9. The number of rotatable bonds is 5. The second-order valence-corrected chi connectivity index (χ2v) is 11.1. The summed E-state index contributed by atoms with van der Waals surface area (Å²) in [5.41, 5.74) is 0. The summed E-state index contributed by atoms with van der Waals surface area (Å²) in [5.74, 6) is 0.194. The molecule has 0 amide bonds. The van der Waals surface area contributed by atoms with Crippen LogP contribution in [0.25, 0.3) is 0 Å². The van der Waals surface area contributed by atoms with Crippen molar-refractivity contribution >= 4 is 47.6 Å². The number of benzene rings is 1. The highest BCUT2D eigenvalue weighted by Gasteiger charge is 2.35. The largest absolute Gasteiger partial charge is 0.494 e. The van der Waals surface area contributed by atoms with Crippen LogP contribution < -0.4 is 4.74 Å². The van der Waals surface area contributed by atoms with Crippen LogP contribution in [-0.2, 0) is 20.0 Å². The predicted octanol–water partition coefficient (Wildman–Crippen LogP) is 2.16. The number of sulfonamides is 2. The summed E-state index contributed by atoms with van der Waals surface area (Å²) < 4.78 is 57.5. The molecule has 0 atom stereocenters. The fraction of sp³-hybridized carbons (Fsp3) is 0.571. The molecule has 0 aliphatic carbocycles. The predicted molar refractivity (Wildman–Crippen MR) is 100 cm³/mol. The maximum absolute atomic E-state index is 13.0. The summed E-state index contributed by atoms with van der Waals surface area (Å²) in [4.78, 5) is -0.00991. The molecule has 0 unspecified atom stereocenters. The van der Waals surface area contributed by atoms with Crippen LogP contribution in [0, 0.1) is 0 Å². The van der Waals surface area contributed by atoms with Gasteiger partial charge in [0.1, 0.15) is 4.90 Å². The molecule has 1 saturated heterocycles. The van der Waals surface area contributed by atoms with Crippen molar-refractivity contribution in [3.63, 3.8) is 0 Å². The molecule has 142 valence electrons. The Morgan fingerprint density at radius 1 is 1.24 bits per heavy atom. The van der Waals surface area contributed by atoms with Gasteiger partial charge < -0.3 is 4.74 Å². The minimum absolute atomic E-state index is 0.00991. The fourth-order valence-electron chi connectivity index (χ4n) is 2.78. The lowest BCUT2D eigenvalue weighted by Crippen LogP contribution is -2.46. The van der Waals surface area contributed by atoms with E-state index in [2.05, 4.69) is 15.9 Å². The molecule has 0 spiro atoms. The van der Waals surface area contributed by atoms with Gasteiger partial charge in [-0.1, -0.05) is 11.6 Å². The molecule has 2 rings (SSSR count). The van der Waals surface area contributed by atoms with Gasteiger partial charge in [0.05, 0.1) is 17.8 Å². The van der Waals surface area contributed by atoms with E-state index in [-0.39, 0.29) is 34.8 Å². The van der Waals surface area contributed by atoms with Crippen molar-refractivity contribution < 1.29 is 21.6 Å². The summed E-state index contributed by atoms with van der Waals surface area (Å²) >= 11 is 9.26. The summed E-state index contributed by atoms with van der Waals surface area (Å²) in [7, 11) is -4.21. The van der Waals surface area contributed by atoms with E-state index in [1.54, 1.807) is 6.07 Å². The minimum Gasteiger partial charge on any atom is -0.494 e. The molecule has 1 aliphatic heterocycles. The van der Waals surface area contributed by atoms with E-state index in [0.717, 1.165) is 6.26 Å². The minimum atomic E-state index is -3.81. The van der Waals surface area contributed by atoms with Crippen LogP contribution in [0.2, 0.25) is 5.02 Å². The molecule has 1 aliphatic rings. The van der Waals surface area contributed by atoms with E-state index < -0.39 is 20.0 Å². The zero-order chi connectivity index (χ0) is 19.0. The topological polar surface area (TPSA) is 84.0 Å². The van der Waals surface area contributed by atoms with Crippen LogP contribution in [0.3, 0.4) is 0 Å². The smallest absolute Gasteiger partial charge is 0.246 e. The Morgan fingerprint density at radius 3 is 2.28 bits per heavy atom. The maximum Gasteiger partial charge on any atom is 0.246 e. The van der Waals surface area contributed by atoms with Crippen LogP contribution in [0.1, 0.15) is 12.8 Å². The second-order valence-electron chi connectivity index (χ2n) is 5.83. The molecular formula is C14H20BrClN2O5S2. The molecule has 1 fully saturated rings. The molecule has 7 nitrogen and oxygen atoms in total. The monoisotopic (exact) mass is 474 g/mol. The zero-order valence-corrected chi connectivity index (χ0v) is 18.0. The van der Waals surface area contributed by atoms with Crippen molar-refractivity contribution in [3.8, 4) is 5.75 Å². The first-order chi connectivity index (χ1) is 11.5. The number of methoxy groups -OCH3 is 1. The Labute approximate surface area is 162 Å². The summed E-state index contributed by atoms with van der Waals surface area (Å²) in [6, 6.07) is 2.71. The molecule has 0 saturated carbocycles. The van der Waals surface area contributed by atoms with Crippen LogP contribution in [0.15, 0.2) is 21.5 Å². The maximum atomic E-state index is 13.0. The molecule has 0 bridgehead atoms. The van der Waals surface area contributed by atoms with Crippen molar-refractivity contribution in [2.75, 3.05) is 33.5 Å². The number of nitrogens with zero attached hydrogens (tertiary/aromatic N) is 2. The van der Waals surface area contributed by atoms with Gasteiger partial charge in [0.15, 0.2) is 5.75 Å². The van der Waals surface area contributed by atoms with Gasteiger partial charge in [0.25, 0.3) is 0 Å². The van der Waals surface area contributed by atoms with Gasteiger partial charge in [-0.15, -0.1) is 0 Å². The molecule has 25 heavy (non-hydrogen) atoms. The van der Waals surface area contributed by atoms with Crippen molar-refractivity contribution in [1.29, 1.82) is 0 Å². The summed E-state index contributed by atoms with van der Waals surface area (Å²) in [6.07, 6.45) is 1.99. The normalized spacial score (nSPS) is 17.8. The first-order valence-electron chi connectivity index (χ1n) is 7.44. The SMILES string of the molecule is COc1c(Br)cc(Cl)cc1S(=O)(=O)N1CCC(N(C)S(C)(=O)=O)CC1. The van der Waals surface area contributed by atoms with Crippen molar-refractivity contribution in [2.24, 2.45) is 0 Å². The van der Waals surface area contributed by atoms with E-state index in [1.807, 2.05) is 0 Å². The number of hydrogen-bond donors (Lipinski definition) is 0. The molecule has 0 aromatic heterocycles. The molecule has 0 radical (unpaired) electrons. The first kappa shape index (κ1) is 20.9. The van der Waals surface area contributed by atoms with Gasteiger partial charge in [-0.3, -0.25) is 0 Å². The van der Waals surface area contributed by atoms with Crippen molar-refractivity contribution in [2.45, 2.75) is 23.8 Å². The van der Waals surface area contributed by atoms with Crippen LogP contribution in [0.4, 0.5) is 0 Å². The van der Waals surface area contributed by atoms with E-state index in [1.165, 1.54) is 28.8 Å².